The van der Waals surface area contributed by atoms with Gasteiger partial charge in [-0.1, -0.05) is 11.6 Å². The van der Waals surface area contributed by atoms with Gasteiger partial charge in [0.15, 0.2) is 23.0 Å². The van der Waals surface area contributed by atoms with Crippen molar-refractivity contribution in [1.82, 2.24) is 4.90 Å². The number of nitrogens with zero attached hydrogens (tertiary/aromatic N) is 1. The molecule has 2 aromatic carbocycles. The summed E-state index contributed by atoms with van der Waals surface area (Å²) in [7, 11) is 0. The zero-order chi connectivity index (χ0) is 22.5. The van der Waals surface area contributed by atoms with Crippen molar-refractivity contribution in [2.24, 2.45) is 0 Å². The third kappa shape index (κ3) is 5.08. The fraction of sp³-hybridized carbons (Fsp3) is 0.304. The number of halogens is 1. The van der Waals surface area contributed by atoms with E-state index in [4.69, 9.17) is 30.5 Å². The second-order valence-corrected chi connectivity index (χ2v) is 7.53. The number of ether oxygens (including phenoxy) is 4. The highest BCUT2D eigenvalue weighted by atomic mass is 35.5. The zero-order valence-electron chi connectivity index (χ0n) is 17.6. The second kappa shape index (κ2) is 9.82. The number of nitrogens with one attached hydrogen (secondary N) is 1. The number of carbonyl (C=O) groups is 2. The van der Waals surface area contributed by atoms with Crippen LogP contribution < -0.4 is 24.3 Å². The minimum Gasteiger partial charge on any atom is -0.486 e. The lowest BCUT2D eigenvalue weighted by molar-refractivity contribution is -0.130. The highest BCUT2D eigenvalue weighted by Crippen LogP contribution is 2.38. The number of anilines is 1. The standard InChI is InChI=1S/C23H23ClN2O6/c1-2-26(14-21(27)25-16-4-5-18-19(13-16)30-8-7-29-18)22(28)6-3-15-11-17(24)23-20(12-15)31-9-10-32-23/h3-6,11-13H,2,7-10,14H2,1H3,(H,25,27)/b6-3+. The first kappa shape index (κ1) is 21.8. The number of benzene rings is 2. The maximum absolute atomic E-state index is 12.6. The molecule has 2 aliphatic rings. The van der Waals surface area contributed by atoms with Crippen LogP contribution in [0, 0.1) is 0 Å². The smallest absolute Gasteiger partial charge is 0.247 e. The second-order valence-electron chi connectivity index (χ2n) is 7.12. The van der Waals surface area contributed by atoms with E-state index in [-0.39, 0.29) is 18.4 Å². The molecule has 0 aromatic heterocycles. The Morgan fingerprint density at radius 2 is 1.72 bits per heavy atom. The molecule has 168 valence electrons. The summed E-state index contributed by atoms with van der Waals surface area (Å²) in [6.45, 7) is 3.94. The topological polar surface area (TPSA) is 86.3 Å². The Morgan fingerprint density at radius 1 is 1.00 bits per heavy atom. The van der Waals surface area contributed by atoms with Crippen LogP contribution in [0.1, 0.15) is 12.5 Å². The van der Waals surface area contributed by atoms with Crippen molar-refractivity contribution >= 4 is 35.2 Å². The maximum Gasteiger partial charge on any atom is 0.247 e. The van der Waals surface area contributed by atoms with Gasteiger partial charge >= 0.3 is 0 Å². The molecule has 8 nitrogen and oxygen atoms in total. The molecule has 2 aromatic rings. The van der Waals surface area contributed by atoms with E-state index < -0.39 is 0 Å². The Labute approximate surface area is 190 Å². The number of fused-ring (bicyclic) bond motifs is 2. The Morgan fingerprint density at radius 3 is 2.50 bits per heavy atom. The summed E-state index contributed by atoms with van der Waals surface area (Å²) in [4.78, 5) is 26.6. The number of likely N-dealkylation sites (N-methyl/N-ethyl adjacent to an activating group) is 1. The Hall–Kier alpha value is -3.39. The van der Waals surface area contributed by atoms with E-state index in [0.717, 1.165) is 0 Å². The molecule has 0 spiro atoms. The van der Waals surface area contributed by atoms with E-state index in [2.05, 4.69) is 5.32 Å². The predicted octanol–water partition coefficient (Wildman–Crippen LogP) is 3.38. The van der Waals surface area contributed by atoms with Crippen LogP contribution in [0.25, 0.3) is 6.08 Å². The van der Waals surface area contributed by atoms with E-state index >= 15 is 0 Å². The summed E-state index contributed by atoms with van der Waals surface area (Å²) < 4.78 is 22.1. The lowest BCUT2D eigenvalue weighted by Crippen LogP contribution is -2.36. The molecular weight excluding hydrogens is 436 g/mol. The van der Waals surface area contributed by atoms with Crippen LogP contribution in [0.15, 0.2) is 36.4 Å². The van der Waals surface area contributed by atoms with Crippen molar-refractivity contribution in [3.8, 4) is 23.0 Å². The molecule has 9 heteroatoms. The SMILES string of the molecule is CCN(CC(=O)Nc1ccc2c(c1)OCCO2)C(=O)/C=C/c1cc(Cl)c2c(c1)OCCO2. The fourth-order valence-electron chi connectivity index (χ4n) is 3.34. The van der Waals surface area contributed by atoms with Gasteiger partial charge in [-0.15, -0.1) is 0 Å². The van der Waals surface area contributed by atoms with E-state index in [0.29, 0.717) is 72.2 Å². The first-order chi connectivity index (χ1) is 15.5. The summed E-state index contributed by atoms with van der Waals surface area (Å²) >= 11 is 6.24. The van der Waals surface area contributed by atoms with Gasteiger partial charge in [0.1, 0.15) is 33.0 Å². The molecule has 0 bridgehead atoms. The van der Waals surface area contributed by atoms with Crippen molar-refractivity contribution in [3.63, 3.8) is 0 Å². The van der Waals surface area contributed by atoms with Crippen molar-refractivity contribution in [1.29, 1.82) is 0 Å². The average Bonchev–Trinajstić information content (AvgIpc) is 2.81. The molecule has 1 N–H and O–H groups in total. The van der Waals surface area contributed by atoms with Crippen LogP contribution >= 0.6 is 11.6 Å². The zero-order valence-corrected chi connectivity index (χ0v) is 18.3. The predicted molar refractivity (Wildman–Crippen MR) is 120 cm³/mol. The number of rotatable bonds is 6. The van der Waals surface area contributed by atoms with Gasteiger partial charge in [0.05, 0.1) is 5.02 Å². The minimum atomic E-state index is -0.312. The van der Waals surface area contributed by atoms with Crippen molar-refractivity contribution < 1.29 is 28.5 Å². The van der Waals surface area contributed by atoms with Gasteiger partial charge in [0.25, 0.3) is 0 Å². The Balaban J connectivity index is 1.37. The van der Waals surface area contributed by atoms with Gasteiger partial charge in [-0.25, -0.2) is 0 Å². The molecule has 0 saturated heterocycles. The summed E-state index contributed by atoms with van der Waals surface area (Å²) in [5.74, 6) is 1.67. The molecule has 0 aliphatic carbocycles. The molecule has 0 atom stereocenters. The molecule has 32 heavy (non-hydrogen) atoms. The summed E-state index contributed by atoms with van der Waals surface area (Å²) in [6.07, 6.45) is 3.04. The largest absolute Gasteiger partial charge is 0.486 e. The Bertz CT molecular complexity index is 1060. The normalized spacial score (nSPS) is 14.2. The van der Waals surface area contributed by atoms with Gasteiger partial charge in [-0.3, -0.25) is 9.59 Å². The maximum atomic E-state index is 12.6. The molecule has 4 rings (SSSR count). The van der Waals surface area contributed by atoms with Gasteiger partial charge < -0.3 is 29.2 Å². The first-order valence-electron chi connectivity index (χ1n) is 10.3. The van der Waals surface area contributed by atoms with Crippen molar-refractivity contribution in [2.75, 3.05) is 44.8 Å². The minimum absolute atomic E-state index is 0.0873. The summed E-state index contributed by atoms with van der Waals surface area (Å²) in [6, 6.07) is 8.64. The molecule has 2 aliphatic heterocycles. The van der Waals surface area contributed by atoms with E-state index in [1.165, 1.54) is 11.0 Å². The highest BCUT2D eigenvalue weighted by Gasteiger charge is 2.18. The van der Waals surface area contributed by atoms with E-state index in [9.17, 15) is 9.59 Å². The van der Waals surface area contributed by atoms with Crippen LogP contribution in [0.2, 0.25) is 5.02 Å². The third-order valence-electron chi connectivity index (χ3n) is 4.89. The quantitative estimate of drug-likeness (QED) is 0.668. The van der Waals surface area contributed by atoms with E-state index in [1.807, 2.05) is 6.92 Å². The highest BCUT2D eigenvalue weighted by molar-refractivity contribution is 6.32. The molecule has 0 unspecified atom stereocenters. The Kier molecular flexibility index (Phi) is 6.70. The molecule has 0 radical (unpaired) electrons. The van der Waals surface area contributed by atoms with Crippen LogP contribution in [0.5, 0.6) is 23.0 Å². The number of hydrogen-bond donors (Lipinski definition) is 1. The molecule has 0 saturated carbocycles. The number of carbonyl (C=O) groups excluding carboxylic acids is 2. The van der Waals surface area contributed by atoms with Crippen LogP contribution in [0.4, 0.5) is 5.69 Å². The first-order valence-corrected chi connectivity index (χ1v) is 10.7. The van der Waals surface area contributed by atoms with Gasteiger partial charge in [0.2, 0.25) is 11.8 Å². The molecule has 0 fully saturated rings. The van der Waals surface area contributed by atoms with Crippen LogP contribution in [-0.2, 0) is 9.59 Å². The van der Waals surface area contributed by atoms with Crippen LogP contribution in [-0.4, -0.2) is 56.2 Å². The summed E-state index contributed by atoms with van der Waals surface area (Å²) in [5, 5.41) is 3.20. The van der Waals surface area contributed by atoms with Crippen molar-refractivity contribution in [3.05, 3.63) is 47.0 Å². The third-order valence-corrected chi connectivity index (χ3v) is 5.17. The van der Waals surface area contributed by atoms with Crippen molar-refractivity contribution in [2.45, 2.75) is 6.92 Å². The van der Waals surface area contributed by atoms with Gasteiger partial charge in [-0.2, -0.15) is 0 Å². The molecule has 2 heterocycles. The lowest BCUT2D eigenvalue weighted by atomic mass is 10.1. The molecule has 2 amide bonds. The van der Waals surface area contributed by atoms with Gasteiger partial charge in [0, 0.05) is 24.4 Å². The lowest BCUT2D eigenvalue weighted by Gasteiger charge is -2.21. The average molecular weight is 459 g/mol. The number of hydrogen-bond acceptors (Lipinski definition) is 6. The van der Waals surface area contributed by atoms with Gasteiger partial charge in [-0.05, 0) is 42.8 Å². The number of amides is 2. The monoisotopic (exact) mass is 458 g/mol. The molecular formula is C23H23ClN2O6. The fourth-order valence-corrected chi connectivity index (χ4v) is 3.61. The summed E-state index contributed by atoms with van der Waals surface area (Å²) in [5.41, 5.74) is 1.27. The van der Waals surface area contributed by atoms with Crippen LogP contribution in [0.3, 0.4) is 0 Å². The van der Waals surface area contributed by atoms with E-state index in [1.54, 1.807) is 36.4 Å².